The highest BCUT2D eigenvalue weighted by Gasteiger charge is 2.15. The van der Waals surface area contributed by atoms with Crippen LogP contribution in [-0.4, -0.2) is 31.2 Å². The number of carbonyl (C=O) groups is 1. The lowest BCUT2D eigenvalue weighted by Crippen LogP contribution is -2.32. The Morgan fingerprint density at radius 3 is 2.68 bits per heavy atom. The Hall–Kier alpha value is -1.69. The van der Waals surface area contributed by atoms with Gasteiger partial charge in [0, 0.05) is 12.1 Å². The third-order valence-electron chi connectivity index (χ3n) is 2.61. The molecular formula is C13H17FN2O2S. The predicted octanol–water partition coefficient (Wildman–Crippen LogP) is 1.85. The number of nitrogens with two attached hydrogens (primary N) is 1. The van der Waals surface area contributed by atoms with Crippen LogP contribution in [-0.2, 0) is 9.53 Å². The topological polar surface area (TPSA) is 55.6 Å². The van der Waals surface area contributed by atoms with E-state index in [1.165, 1.54) is 13.2 Å². The van der Waals surface area contributed by atoms with Crippen LogP contribution in [0.3, 0.4) is 0 Å². The Bertz CT molecular complexity index is 480. The second kappa shape index (κ2) is 7.04. The molecule has 19 heavy (non-hydrogen) atoms. The second-order valence-electron chi connectivity index (χ2n) is 4.03. The molecule has 104 valence electrons. The van der Waals surface area contributed by atoms with Crippen LogP contribution < -0.4 is 10.6 Å². The van der Waals surface area contributed by atoms with E-state index >= 15 is 0 Å². The maximum Gasteiger partial charge on any atom is 0.325 e. The lowest BCUT2D eigenvalue weighted by Gasteiger charge is -2.23. The minimum Gasteiger partial charge on any atom is -0.468 e. The molecular weight excluding hydrogens is 267 g/mol. The van der Waals surface area contributed by atoms with E-state index in [1.54, 1.807) is 17.0 Å². The number of benzene rings is 1. The second-order valence-corrected chi connectivity index (χ2v) is 4.47. The van der Waals surface area contributed by atoms with Gasteiger partial charge in [0.05, 0.1) is 12.8 Å². The Kier molecular flexibility index (Phi) is 5.69. The SMILES string of the molecule is CCCN(CC(=O)OC)c1ccc(C(N)=S)cc1F. The van der Waals surface area contributed by atoms with Gasteiger partial charge in [0.2, 0.25) is 0 Å². The van der Waals surface area contributed by atoms with E-state index in [2.05, 4.69) is 4.74 Å². The minimum atomic E-state index is -0.456. The Morgan fingerprint density at radius 1 is 1.53 bits per heavy atom. The van der Waals surface area contributed by atoms with Crippen LogP contribution in [0.1, 0.15) is 18.9 Å². The molecule has 0 saturated heterocycles. The summed E-state index contributed by atoms with van der Waals surface area (Å²) in [6, 6.07) is 4.49. The van der Waals surface area contributed by atoms with Gasteiger partial charge in [0.15, 0.2) is 0 Å². The molecule has 0 radical (unpaired) electrons. The molecule has 0 heterocycles. The lowest BCUT2D eigenvalue weighted by atomic mass is 10.1. The molecule has 0 amide bonds. The molecule has 4 nitrogen and oxygen atoms in total. The van der Waals surface area contributed by atoms with E-state index in [0.717, 1.165) is 6.42 Å². The molecule has 0 aliphatic rings. The van der Waals surface area contributed by atoms with Crippen LogP contribution in [0.4, 0.5) is 10.1 Å². The quantitative estimate of drug-likeness (QED) is 0.638. The number of ether oxygens (including phenoxy) is 1. The summed E-state index contributed by atoms with van der Waals surface area (Å²) in [5.41, 5.74) is 6.25. The van der Waals surface area contributed by atoms with Crippen molar-refractivity contribution in [1.82, 2.24) is 0 Å². The van der Waals surface area contributed by atoms with Gasteiger partial charge in [-0.1, -0.05) is 19.1 Å². The number of hydrogen-bond acceptors (Lipinski definition) is 4. The molecule has 0 aliphatic carbocycles. The summed E-state index contributed by atoms with van der Waals surface area (Å²) in [6.45, 7) is 2.51. The van der Waals surface area contributed by atoms with Crippen LogP contribution in [0.5, 0.6) is 0 Å². The molecule has 0 atom stereocenters. The maximum atomic E-state index is 14.0. The van der Waals surface area contributed by atoms with E-state index in [9.17, 15) is 9.18 Å². The number of rotatable bonds is 6. The van der Waals surface area contributed by atoms with Gasteiger partial charge in [-0.15, -0.1) is 0 Å². The van der Waals surface area contributed by atoms with Crippen LogP contribution in [0.25, 0.3) is 0 Å². The predicted molar refractivity (Wildman–Crippen MR) is 76.8 cm³/mol. The molecule has 2 N–H and O–H groups in total. The van der Waals surface area contributed by atoms with Crippen molar-refractivity contribution < 1.29 is 13.9 Å². The minimum absolute atomic E-state index is 0.00762. The highest BCUT2D eigenvalue weighted by molar-refractivity contribution is 7.80. The van der Waals surface area contributed by atoms with E-state index < -0.39 is 11.8 Å². The zero-order chi connectivity index (χ0) is 14.4. The van der Waals surface area contributed by atoms with E-state index in [0.29, 0.717) is 17.8 Å². The molecule has 1 aromatic carbocycles. The van der Waals surface area contributed by atoms with Gasteiger partial charge in [-0.05, 0) is 24.6 Å². The number of carbonyl (C=O) groups excluding carboxylic acids is 1. The summed E-state index contributed by atoms with van der Waals surface area (Å²) in [5.74, 6) is -0.867. The first-order valence-corrected chi connectivity index (χ1v) is 6.31. The summed E-state index contributed by atoms with van der Waals surface area (Å²) in [7, 11) is 1.30. The third-order valence-corrected chi connectivity index (χ3v) is 2.85. The van der Waals surface area contributed by atoms with Crippen molar-refractivity contribution in [2.24, 2.45) is 5.73 Å². The van der Waals surface area contributed by atoms with Crippen LogP contribution in [0.15, 0.2) is 18.2 Å². The maximum absolute atomic E-state index is 14.0. The van der Waals surface area contributed by atoms with Gasteiger partial charge in [0.25, 0.3) is 0 Å². The van der Waals surface area contributed by atoms with Crippen molar-refractivity contribution in [2.75, 3.05) is 25.1 Å². The molecule has 0 bridgehead atoms. The fourth-order valence-corrected chi connectivity index (χ4v) is 1.82. The molecule has 0 spiro atoms. The van der Waals surface area contributed by atoms with Crippen molar-refractivity contribution in [3.05, 3.63) is 29.6 Å². The van der Waals surface area contributed by atoms with E-state index in [1.807, 2.05) is 6.92 Å². The number of halogens is 1. The van der Waals surface area contributed by atoms with Gasteiger partial charge in [-0.25, -0.2) is 4.39 Å². The summed E-state index contributed by atoms with van der Waals surface area (Å²) >= 11 is 4.79. The van der Waals surface area contributed by atoms with Gasteiger partial charge in [-0.3, -0.25) is 4.79 Å². The molecule has 1 rings (SSSR count). The van der Waals surface area contributed by atoms with Gasteiger partial charge < -0.3 is 15.4 Å². The largest absolute Gasteiger partial charge is 0.468 e. The molecule has 0 saturated carbocycles. The van der Waals surface area contributed by atoms with Gasteiger partial charge in [0.1, 0.15) is 17.4 Å². The van der Waals surface area contributed by atoms with Crippen molar-refractivity contribution in [1.29, 1.82) is 0 Å². The zero-order valence-electron chi connectivity index (χ0n) is 11.0. The summed E-state index contributed by atoms with van der Waals surface area (Å²) in [4.78, 5) is 13.1. The zero-order valence-corrected chi connectivity index (χ0v) is 11.8. The summed E-state index contributed by atoms with van der Waals surface area (Å²) < 4.78 is 18.6. The summed E-state index contributed by atoms with van der Waals surface area (Å²) in [5, 5.41) is 0. The fourth-order valence-electron chi connectivity index (χ4n) is 1.69. The van der Waals surface area contributed by atoms with Crippen LogP contribution in [0, 0.1) is 5.82 Å². The van der Waals surface area contributed by atoms with Crippen molar-refractivity contribution in [3.8, 4) is 0 Å². The number of anilines is 1. The van der Waals surface area contributed by atoms with Crippen molar-refractivity contribution in [2.45, 2.75) is 13.3 Å². The average molecular weight is 284 g/mol. The standard InChI is InChI=1S/C13H17FN2O2S/c1-3-6-16(8-12(17)18-2)11-5-4-9(13(15)19)7-10(11)14/h4-5,7H,3,6,8H2,1-2H3,(H2,15,19). The van der Waals surface area contributed by atoms with Crippen molar-refractivity contribution in [3.63, 3.8) is 0 Å². The van der Waals surface area contributed by atoms with E-state index in [4.69, 9.17) is 18.0 Å². The van der Waals surface area contributed by atoms with Gasteiger partial charge >= 0.3 is 5.97 Å². The Balaban J connectivity index is 3.02. The smallest absolute Gasteiger partial charge is 0.325 e. The Labute approximate surface area is 117 Å². The van der Waals surface area contributed by atoms with Crippen molar-refractivity contribution >= 4 is 28.9 Å². The highest BCUT2D eigenvalue weighted by Crippen LogP contribution is 2.21. The highest BCUT2D eigenvalue weighted by atomic mass is 32.1. The molecule has 1 aromatic rings. The molecule has 0 unspecified atom stereocenters. The van der Waals surface area contributed by atoms with Crippen LogP contribution >= 0.6 is 12.2 Å². The molecule has 0 aromatic heterocycles. The third kappa shape index (κ3) is 4.17. The molecule has 6 heteroatoms. The van der Waals surface area contributed by atoms with Gasteiger partial charge in [-0.2, -0.15) is 0 Å². The van der Waals surface area contributed by atoms with Crippen LogP contribution in [0.2, 0.25) is 0 Å². The normalized spacial score (nSPS) is 10.1. The number of esters is 1. The summed E-state index contributed by atoms with van der Waals surface area (Å²) in [6.07, 6.45) is 0.785. The molecule has 0 fully saturated rings. The van der Waals surface area contributed by atoms with E-state index in [-0.39, 0.29) is 11.5 Å². The Morgan fingerprint density at radius 2 is 2.21 bits per heavy atom. The number of thiocarbonyl (C=S) groups is 1. The molecule has 0 aliphatic heterocycles. The first-order valence-electron chi connectivity index (χ1n) is 5.90. The monoisotopic (exact) mass is 284 g/mol. The first kappa shape index (κ1) is 15.4. The number of nitrogens with zero attached hydrogens (tertiary/aromatic N) is 1. The lowest BCUT2D eigenvalue weighted by molar-refractivity contribution is -0.138. The number of hydrogen-bond donors (Lipinski definition) is 1. The number of methoxy groups -OCH3 is 1. The fraction of sp³-hybridized carbons (Fsp3) is 0.385. The average Bonchev–Trinajstić information content (AvgIpc) is 2.37. The first-order chi connectivity index (χ1) is 8.99.